The third kappa shape index (κ3) is 5.70. The van der Waals surface area contributed by atoms with Gasteiger partial charge in [-0.2, -0.15) is 0 Å². The second-order valence-corrected chi connectivity index (χ2v) is 6.74. The van der Waals surface area contributed by atoms with Crippen LogP contribution in [0.25, 0.3) is 0 Å². The van der Waals surface area contributed by atoms with Crippen molar-refractivity contribution in [1.29, 1.82) is 0 Å². The molecule has 0 saturated heterocycles. The number of rotatable bonds is 6. The van der Waals surface area contributed by atoms with Gasteiger partial charge in [0.25, 0.3) is 17.7 Å². The number of hydrogen-bond acceptors (Lipinski definition) is 4. The van der Waals surface area contributed by atoms with Crippen molar-refractivity contribution in [3.63, 3.8) is 0 Å². The lowest BCUT2D eigenvalue weighted by molar-refractivity contribution is 0.0844. The molecular weight excluding hydrogens is 394 g/mol. The SMILES string of the molecule is CCOc1ccccc1C(=O)NNC(=O)c1ccc(NC(=O)c2cccc(C)c2)cc1. The molecule has 0 aromatic heterocycles. The molecule has 0 heterocycles. The zero-order valence-electron chi connectivity index (χ0n) is 17.3. The number of benzene rings is 3. The fourth-order valence-electron chi connectivity index (χ4n) is 2.88. The lowest BCUT2D eigenvalue weighted by atomic mass is 10.1. The molecule has 7 heteroatoms. The van der Waals surface area contributed by atoms with Gasteiger partial charge in [0.15, 0.2) is 0 Å². The van der Waals surface area contributed by atoms with Gasteiger partial charge < -0.3 is 10.1 Å². The summed E-state index contributed by atoms with van der Waals surface area (Å²) < 4.78 is 5.42. The van der Waals surface area contributed by atoms with Crippen molar-refractivity contribution in [2.45, 2.75) is 13.8 Å². The highest BCUT2D eigenvalue weighted by Crippen LogP contribution is 2.17. The summed E-state index contributed by atoms with van der Waals surface area (Å²) in [4.78, 5) is 37.0. The Bertz CT molecular complexity index is 1090. The van der Waals surface area contributed by atoms with Crippen LogP contribution in [0.5, 0.6) is 5.75 Å². The Morgan fingerprint density at radius 3 is 2.19 bits per heavy atom. The molecule has 0 fully saturated rings. The van der Waals surface area contributed by atoms with E-state index in [2.05, 4.69) is 16.2 Å². The van der Waals surface area contributed by atoms with Crippen LogP contribution in [-0.4, -0.2) is 24.3 Å². The molecule has 31 heavy (non-hydrogen) atoms. The van der Waals surface area contributed by atoms with Gasteiger partial charge in [-0.25, -0.2) is 0 Å². The molecule has 0 atom stereocenters. The van der Waals surface area contributed by atoms with Gasteiger partial charge in [0, 0.05) is 16.8 Å². The number of carbonyl (C=O) groups excluding carboxylic acids is 3. The van der Waals surface area contributed by atoms with Gasteiger partial charge in [0.1, 0.15) is 5.75 Å². The fourth-order valence-corrected chi connectivity index (χ4v) is 2.88. The lowest BCUT2D eigenvalue weighted by Gasteiger charge is -2.11. The van der Waals surface area contributed by atoms with Gasteiger partial charge in [0.2, 0.25) is 0 Å². The number of anilines is 1. The van der Waals surface area contributed by atoms with E-state index in [1.807, 2.05) is 26.0 Å². The molecule has 3 aromatic rings. The molecule has 158 valence electrons. The van der Waals surface area contributed by atoms with E-state index in [4.69, 9.17) is 4.74 Å². The Kier molecular flexibility index (Phi) is 7.01. The second-order valence-electron chi connectivity index (χ2n) is 6.74. The largest absolute Gasteiger partial charge is 0.493 e. The molecule has 0 aliphatic rings. The van der Waals surface area contributed by atoms with Crippen molar-refractivity contribution >= 4 is 23.4 Å². The number of carbonyl (C=O) groups is 3. The van der Waals surface area contributed by atoms with Gasteiger partial charge in [-0.1, -0.05) is 29.8 Å². The Morgan fingerprint density at radius 2 is 1.48 bits per heavy atom. The minimum atomic E-state index is -0.487. The Labute approximate surface area is 180 Å². The molecule has 3 rings (SSSR count). The maximum atomic E-state index is 12.4. The van der Waals surface area contributed by atoms with Crippen molar-refractivity contribution in [2.24, 2.45) is 0 Å². The van der Waals surface area contributed by atoms with Crippen molar-refractivity contribution in [3.8, 4) is 5.75 Å². The molecule has 0 bridgehead atoms. The first-order chi connectivity index (χ1) is 15.0. The van der Waals surface area contributed by atoms with Gasteiger partial charge in [-0.05, 0) is 62.4 Å². The number of para-hydroxylation sites is 1. The predicted molar refractivity (Wildman–Crippen MR) is 118 cm³/mol. The molecule has 0 saturated carbocycles. The minimum absolute atomic E-state index is 0.235. The molecule has 3 aromatic carbocycles. The van der Waals surface area contributed by atoms with E-state index in [-0.39, 0.29) is 5.91 Å². The number of aryl methyl sites for hydroxylation is 1. The van der Waals surface area contributed by atoms with E-state index >= 15 is 0 Å². The van der Waals surface area contributed by atoms with E-state index in [1.54, 1.807) is 60.7 Å². The maximum absolute atomic E-state index is 12.4. The normalized spacial score (nSPS) is 10.1. The van der Waals surface area contributed by atoms with Gasteiger partial charge in [0.05, 0.1) is 12.2 Å². The quantitative estimate of drug-likeness (QED) is 0.533. The zero-order valence-corrected chi connectivity index (χ0v) is 17.3. The van der Waals surface area contributed by atoms with Crippen LogP contribution in [0.2, 0.25) is 0 Å². The number of hydrogen-bond donors (Lipinski definition) is 3. The number of hydrazine groups is 1. The molecule has 0 aliphatic carbocycles. The molecule has 0 aliphatic heterocycles. The molecule has 3 amide bonds. The fraction of sp³-hybridized carbons (Fsp3) is 0.125. The smallest absolute Gasteiger partial charge is 0.273 e. The van der Waals surface area contributed by atoms with Crippen molar-refractivity contribution in [2.75, 3.05) is 11.9 Å². The standard InChI is InChI=1S/C24H23N3O4/c1-3-31-21-10-5-4-9-20(21)24(30)27-26-23(29)17-11-13-19(14-12-17)25-22(28)18-8-6-7-16(2)15-18/h4-15H,3H2,1-2H3,(H,25,28)(H,26,29)(H,27,30). The third-order valence-electron chi connectivity index (χ3n) is 4.41. The van der Waals surface area contributed by atoms with Crippen LogP contribution in [0.4, 0.5) is 5.69 Å². The first-order valence-electron chi connectivity index (χ1n) is 9.78. The first-order valence-corrected chi connectivity index (χ1v) is 9.78. The van der Waals surface area contributed by atoms with E-state index < -0.39 is 11.8 Å². The van der Waals surface area contributed by atoms with Crippen molar-refractivity contribution in [1.82, 2.24) is 10.9 Å². The summed E-state index contributed by atoms with van der Waals surface area (Å²) in [6.07, 6.45) is 0. The van der Waals surface area contributed by atoms with Crippen LogP contribution in [-0.2, 0) is 0 Å². The summed E-state index contributed by atoms with van der Waals surface area (Å²) in [5, 5.41) is 2.79. The first kappa shape index (κ1) is 21.6. The van der Waals surface area contributed by atoms with Gasteiger partial charge in [-0.3, -0.25) is 25.2 Å². The van der Waals surface area contributed by atoms with Crippen LogP contribution in [0, 0.1) is 6.92 Å². The number of amides is 3. The van der Waals surface area contributed by atoms with Gasteiger partial charge in [-0.15, -0.1) is 0 Å². The summed E-state index contributed by atoms with van der Waals surface area (Å²) in [6, 6.07) is 20.4. The molecule has 0 radical (unpaired) electrons. The Hall–Kier alpha value is -4.13. The van der Waals surface area contributed by atoms with Crippen LogP contribution < -0.4 is 20.9 Å². The summed E-state index contributed by atoms with van der Waals surface area (Å²) in [7, 11) is 0. The van der Waals surface area contributed by atoms with E-state index in [0.29, 0.717) is 34.7 Å². The third-order valence-corrected chi connectivity index (χ3v) is 4.41. The van der Waals surface area contributed by atoms with Crippen LogP contribution >= 0.6 is 0 Å². The monoisotopic (exact) mass is 417 g/mol. The average molecular weight is 417 g/mol. The second kappa shape index (κ2) is 10.1. The van der Waals surface area contributed by atoms with E-state index in [9.17, 15) is 14.4 Å². The topological polar surface area (TPSA) is 96.5 Å². The highest BCUT2D eigenvalue weighted by Gasteiger charge is 2.14. The predicted octanol–water partition coefficient (Wildman–Crippen LogP) is 3.72. The number of ether oxygens (including phenoxy) is 1. The Morgan fingerprint density at radius 1 is 0.774 bits per heavy atom. The molecule has 7 nitrogen and oxygen atoms in total. The summed E-state index contributed by atoms with van der Waals surface area (Å²) in [6.45, 7) is 4.16. The van der Waals surface area contributed by atoms with Gasteiger partial charge >= 0.3 is 0 Å². The zero-order chi connectivity index (χ0) is 22.2. The van der Waals surface area contributed by atoms with E-state index in [1.165, 1.54) is 0 Å². The van der Waals surface area contributed by atoms with Crippen molar-refractivity contribution in [3.05, 3.63) is 95.1 Å². The molecule has 0 spiro atoms. The van der Waals surface area contributed by atoms with E-state index in [0.717, 1.165) is 5.56 Å². The number of nitrogens with one attached hydrogen (secondary N) is 3. The summed E-state index contributed by atoms with van der Waals surface area (Å²) >= 11 is 0. The maximum Gasteiger partial charge on any atom is 0.273 e. The van der Waals surface area contributed by atoms with Crippen LogP contribution in [0.3, 0.4) is 0 Å². The Balaban J connectivity index is 1.58. The van der Waals surface area contributed by atoms with Crippen molar-refractivity contribution < 1.29 is 19.1 Å². The highest BCUT2D eigenvalue weighted by molar-refractivity contribution is 6.05. The lowest BCUT2D eigenvalue weighted by Crippen LogP contribution is -2.41. The average Bonchev–Trinajstić information content (AvgIpc) is 2.78. The molecule has 0 unspecified atom stereocenters. The van der Waals surface area contributed by atoms with Crippen LogP contribution in [0.1, 0.15) is 43.6 Å². The summed E-state index contributed by atoms with van der Waals surface area (Å²) in [5.74, 6) is -0.773. The molecular formula is C24H23N3O4. The minimum Gasteiger partial charge on any atom is -0.493 e. The van der Waals surface area contributed by atoms with Crippen LogP contribution in [0.15, 0.2) is 72.8 Å². The summed E-state index contributed by atoms with van der Waals surface area (Å²) in [5.41, 5.74) is 7.50. The highest BCUT2D eigenvalue weighted by atomic mass is 16.5. The molecule has 3 N–H and O–H groups in total.